The smallest absolute Gasteiger partial charge is 0.381 e. The molecule has 2 N–H and O–H groups in total. The first-order chi connectivity index (χ1) is 6.41. The van der Waals surface area contributed by atoms with E-state index in [2.05, 4.69) is 9.84 Å². The second-order valence-corrected chi connectivity index (χ2v) is 4.53. The molecule has 0 aliphatic carbocycles. The van der Waals surface area contributed by atoms with Crippen molar-refractivity contribution in [1.29, 1.82) is 0 Å². The van der Waals surface area contributed by atoms with Crippen LogP contribution >= 0.6 is 7.82 Å². The molecule has 0 aliphatic heterocycles. The molecule has 0 bridgehead atoms. The van der Waals surface area contributed by atoms with Crippen LogP contribution in [0.4, 0.5) is 0 Å². The van der Waals surface area contributed by atoms with E-state index in [1.54, 1.807) is 0 Å². The maximum atomic E-state index is 11.1. The van der Waals surface area contributed by atoms with Crippen molar-refractivity contribution in [2.45, 2.75) is 26.1 Å². The molecule has 0 rings (SSSR count). The van der Waals surface area contributed by atoms with Gasteiger partial charge in [-0.25, -0.2) is 4.57 Å². The first kappa shape index (κ1) is 14.0. The molecule has 0 radical (unpaired) electrons. The van der Waals surface area contributed by atoms with Gasteiger partial charge in [0.1, 0.15) is 6.23 Å². The Balaban J connectivity index is 4.15. The Hall–Kier alpha value is 0.0300. The summed E-state index contributed by atoms with van der Waals surface area (Å²) in [5.41, 5.74) is 0. The lowest BCUT2D eigenvalue weighted by atomic mass is 10.4. The zero-order valence-electron chi connectivity index (χ0n) is 8.89. The number of hydrogen-bond donors (Lipinski definition) is 2. The summed E-state index contributed by atoms with van der Waals surface area (Å²) in [5, 5.41) is 2.91. The third kappa shape index (κ3) is 6.48. The first-order valence-electron chi connectivity index (χ1n) is 4.23. The van der Waals surface area contributed by atoms with Crippen LogP contribution in [0.2, 0.25) is 0 Å². The molecule has 0 fully saturated rings. The van der Waals surface area contributed by atoms with E-state index in [9.17, 15) is 4.57 Å². The Kier molecular flexibility index (Phi) is 6.52. The lowest BCUT2D eigenvalue weighted by Crippen LogP contribution is -2.39. The molecule has 86 valence electrons. The minimum absolute atomic E-state index is 0.118. The van der Waals surface area contributed by atoms with Crippen molar-refractivity contribution >= 4 is 7.82 Å². The number of phosphoric acid groups is 1. The van der Waals surface area contributed by atoms with Crippen LogP contribution < -0.4 is 5.32 Å². The fourth-order valence-electron chi connectivity index (χ4n) is 0.836. The fraction of sp³-hybridized carbons (Fsp3) is 1.00. The van der Waals surface area contributed by atoms with Crippen LogP contribution in [0.25, 0.3) is 0 Å². The molecule has 2 unspecified atom stereocenters. The van der Waals surface area contributed by atoms with Crippen LogP contribution in [-0.4, -0.2) is 38.0 Å². The van der Waals surface area contributed by atoms with Gasteiger partial charge in [0.15, 0.2) is 0 Å². The number of hydrogen-bond acceptors (Lipinski definition) is 5. The fourth-order valence-corrected chi connectivity index (χ4v) is 1.37. The summed E-state index contributed by atoms with van der Waals surface area (Å²) in [5.74, 6) is 0. The van der Waals surface area contributed by atoms with Gasteiger partial charge in [0, 0.05) is 20.3 Å². The zero-order valence-corrected chi connectivity index (χ0v) is 9.78. The van der Waals surface area contributed by atoms with Gasteiger partial charge in [-0.1, -0.05) is 0 Å². The monoisotopic (exact) mass is 227 g/mol. The predicted molar refractivity (Wildman–Crippen MR) is 51.9 cm³/mol. The van der Waals surface area contributed by atoms with Crippen LogP contribution in [-0.2, 0) is 18.3 Å². The van der Waals surface area contributed by atoms with E-state index in [1.807, 2.05) is 13.8 Å². The molecule has 0 aromatic rings. The number of rotatable bonds is 7. The van der Waals surface area contributed by atoms with Crippen LogP contribution in [0.5, 0.6) is 0 Å². The van der Waals surface area contributed by atoms with Gasteiger partial charge >= 0.3 is 7.82 Å². The van der Waals surface area contributed by atoms with E-state index in [0.29, 0.717) is 0 Å². The highest BCUT2D eigenvalue weighted by Crippen LogP contribution is 2.42. The summed E-state index contributed by atoms with van der Waals surface area (Å²) in [6.07, 6.45) is -0.657. The standard InChI is InChI=1S/C7H18NO5P/c1-6(2)8-7(5-11-3)13-14(9,10)12-4/h6-8H,5H2,1-4H3,(H,9,10). The van der Waals surface area contributed by atoms with E-state index >= 15 is 0 Å². The highest BCUT2D eigenvalue weighted by Gasteiger charge is 2.25. The molecule has 2 atom stereocenters. The lowest BCUT2D eigenvalue weighted by Gasteiger charge is -2.22. The summed E-state index contributed by atoms with van der Waals surface area (Å²) in [4.78, 5) is 9.05. The van der Waals surface area contributed by atoms with Crippen LogP contribution in [0.1, 0.15) is 13.8 Å². The lowest BCUT2D eigenvalue weighted by molar-refractivity contribution is 0.0283. The van der Waals surface area contributed by atoms with Gasteiger partial charge in [-0.3, -0.25) is 14.4 Å². The molecule has 0 spiro atoms. The molecule has 0 saturated carbocycles. The normalized spacial score (nSPS) is 18.1. The molecule has 6 nitrogen and oxygen atoms in total. The zero-order chi connectivity index (χ0) is 11.2. The Morgan fingerprint density at radius 2 is 2.00 bits per heavy atom. The molecule has 0 amide bonds. The van der Waals surface area contributed by atoms with Crippen molar-refractivity contribution in [2.24, 2.45) is 0 Å². The summed E-state index contributed by atoms with van der Waals surface area (Å²) in [6, 6.07) is 0.118. The topological polar surface area (TPSA) is 77.0 Å². The third-order valence-corrected chi connectivity index (χ3v) is 2.31. The average Bonchev–Trinajstić information content (AvgIpc) is 2.03. The van der Waals surface area contributed by atoms with Crippen molar-refractivity contribution in [1.82, 2.24) is 5.32 Å². The number of ether oxygens (including phenoxy) is 1. The molecule has 0 saturated heterocycles. The minimum atomic E-state index is -3.96. The van der Waals surface area contributed by atoms with Crippen LogP contribution in [0, 0.1) is 0 Å². The summed E-state index contributed by atoms with van der Waals surface area (Å²) in [7, 11) is -1.37. The quantitative estimate of drug-likeness (QED) is 0.493. The SMILES string of the molecule is COCC(NC(C)C)OP(=O)(O)OC. The van der Waals surface area contributed by atoms with Gasteiger partial charge < -0.3 is 9.63 Å². The molecule has 0 aromatic heterocycles. The summed E-state index contributed by atoms with van der Waals surface area (Å²) >= 11 is 0. The van der Waals surface area contributed by atoms with Crippen LogP contribution in [0.3, 0.4) is 0 Å². The van der Waals surface area contributed by atoms with E-state index in [1.165, 1.54) is 7.11 Å². The Morgan fingerprint density at radius 3 is 2.36 bits per heavy atom. The second-order valence-electron chi connectivity index (χ2n) is 3.02. The summed E-state index contributed by atoms with van der Waals surface area (Å²) < 4.78 is 25.0. The van der Waals surface area contributed by atoms with Crippen molar-refractivity contribution in [2.75, 3.05) is 20.8 Å². The molecule has 14 heavy (non-hydrogen) atoms. The Labute approximate surface area is 84.2 Å². The van der Waals surface area contributed by atoms with E-state index in [-0.39, 0.29) is 12.6 Å². The third-order valence-electron chi connectivity index (χ3n) is 1.33. The minimum Gasteiger partial charge on any atom is -0.381 e. The van der Waals surface area contributed by atoms with E-state index in [4.69, 9.17) is 14.2 Å². The van der Waals surface area contributed by atoms with Gasteiger partial charge in [0.2, 0.25) is 0 Å². The molecule has 0 aromatic carbocycles. The molecule has 0 heterocycles. The highest BCUT2D eigenvalue weighted by atomic mass is 31.2. The Morgan fingerprint density at radius 1 is 1.43 bits per heavy atom. The van der Waals surface area contributed by atoms with Crippen molar-refractivity contribution < 1.29 is 23.2 Å². The van der Waals surface area contributed by atoms with Gasteiger partial charge in [0.25, 0.3) is 0 Å². The molecule has 0 aliphatic rings. The van der Waals surface area contributed by atoms with Crippen molar-refractivity contribution in [3.8, 4) is 0 Å². The van der Waals surface area contributed by atoms with Crippen molar-refractivity contribution in [3.63, 3.8) is 0 Å². The first-order valence-corrected chi connectivity index (χ1v) is 5.72. The highest BCUT2D eigenvalue weighted by molar-refractivity contribution is 7.47. The van der Waals surface area contributed by atoms with Crippen LogP contribution in [0.15, 0.2) is 0 Å². The maximum Gasteiger partial charge on any atom is 0.473 e. The van der Waals surface area contributed by atoms with Gasteiger partial charge in [0.05, 0.1) is 6.61 Å². The largest absolute Gasteiger partial charge is 0.473 e. The Bertz CT molecular complexity index is 199. The van der Waals surface area contributed by atoms with Crippen molar-refractivity contribution in [3.05, 3.63) is 0 Å². The summed E-state index contributed by atoms with van der Waals surface area (Å²) in [6.45, 7) is 3.95. The number of nitrogens with one attached hydrogen (secondary N) is 1. The van der Waals surface area contributed by atoms with Gasteiger partial charge in [-0.05, 0) is 13.8 Å². The van der Waals surface area contributed by atoms with E-state index in [0.717, 1.165) is 7.11 Å². The number of phosphoric ester groups is 1. The van der Waals surface area contributed by atoms with Gasteiger partial charge in [-0.15, -0.1) is 0 Å². The average molecular weight is 227 g/mol. The molecular weight excluding hydrogens is 209 g/mol. The van der Waals surface area contributed by atoms with Gasteiger partial charge in [-0.2, -0.15) is 0 Å². The molecule has 7 heteroatoms. The second kappa shape index (κ2) is 6.50. The maximum absolute atomic E-state index is 11.1. The number of methoxy groups -OCH3 is 1. The van der Waals surface area contributed by atoms with E-state index < -0.39 is 14.1 Å². The molecular formula is C7H18NO5P. The predicted octanol–water partition coefficient (Wildman–Crippen LogP) is 0.720.